The summed E-state index contributed by atoms with van der Waals surface area (Å²) in [4.78, 5) is 12.1. The van der Waals surface area contributed by atoms with Crippen molar-refractivity contribution in [2.45, 2.75) is 117 Å². The lowest BCUT2D eigenvalue weighted by molar-refractivity contribution is -0.144. The third-order valence-corrected chi connectivity index (χ3v) is 11.0. The third kappa shape index (κ3) is 4.34. The average molecular weight is 433 g/mol. The maximum absolute atomic E-state index is 12.1. The molecule has 4 rings (SSSR count). The van der Waals surface area contributed by atoms with Crippen LogP contribution in [0, 0.1) is 46.3 Å². The summed E-state index contributed by atoms with van der Waals surface area (Å²) in [6.45, 7) is 10.3. The van der Waals surface area contributed by atoms with Crippen LogP contribution in [-0.4, -0.2) is 23.8 Å². The summed E-state index contributed by atoms with van der Waals surface area (Å²) in [6.07, 6.45) is 15.2. The number of fused-ring (bicyclic) bond motifs is 5. The van der Waals surface area contributed by atoms with Crippen LogP contribution in [0.3, 0.4) is 0 Å². The van der Waals surface area contributed by atoms with Gasteiger partial charge in [0.2, 0.25) is 0 Å². The standard InChI is InChI=1S/C28H48O3/c1-5-6-17-31-26(30)12-7-19(2)23-10-11-24-22-9-8-20-18-21(29)13-15-27(20,3)25(22)14-16-28(23,24)4/h19-25,29H,5-18H2,1-4H3/t19-,20?,21-,22+,23-,24+,25+,27+,28-/m1/s1. The molecule has 3 heteroatoms. The Morgan fingerprint density at radius 3 is 2.55 bits per heavy atom. The molecule has 0 aliphatic heterocycles. The van der Waals surface area contributed by atoms with E-state index in [4.69, 9.17) is 4.74 Å². The van der Waals surface area contributed by atoms with Crippen molar-refractivity contribution >= 4 is 5.97 Å². The van der Waals surface area contributed by atoms with E-state index in [1.54, 1.807) is 0 Å². The number of unbranched alkanes of at least 4 members (excludes halogenated alkanes) is 1. The van der Waals surface area contributed by atoms with Crippen molar-refractivity contribution < 1.29 is 14.6 Å². The quantitative estimate of drug-likeness (QED) is 0.357. The lowest BCUT2D eigenvalue weighted by atomic mass is 9.44. The van der Waals surface area contributed by atoms with Crippen LogP contribution in [0.5, 0.6) is 0 Å². The van der Waals surface area contributed by atoms with Gasteiger partial charge in [0.05, 0.1) is 12.7 Å². The first-order chi connectivity index (χ1) is 14.8. The molecule has 0 spiro atoms. The van der Waals surface area contributed by atoms with Crippen molar-refractivity contribution in [3.63, 3.8) is 0 Å². The number of hydrogen-bond donors (Lipinski definition) is 1. The van der Waals surface area contributed by atoms with Crippen LogP contribution in [0.25, 0.3) is 0 Å². The fourth-order valence-corrected chi connectivity index (χ4v) is 9.16. The van der Waals surface area contributed by atoms with Crippen LogP contribution < -0.4 is 0 Å². The first kappa shape index (κ1) is 23.6. The van der Waals surface area contributed by atoms with Gasteiger partial charge in [-0.3, -0.25) is 4.79 Å². The van der Waals surface area contributed by atoms with Gasteiger partial charge in [-0.1, -0.05) is 34.1 Å². The summed E-state index contributed by atoms with van der Waals surface area (Å²) in [5, 5.41) is 10.3. The fraction of sp³-hybridized carbons (Fsp3) is 0.964. The van der Waals surface area contributed by atoms with Crippen molar-refractivity contribution in [1.82, 2.24) is 0 Å². The van der Waals surface area contributed by atoms with Crippen LogP contribution >= 0.6 is 0 Å². The normalized spacial score (nSPS) is 45.3. The molecule has 1 N–H and O–H groups in total. The number of rotatable bonds is 7. The van der Waals surface area contributed by atoms with E-state index in [9.17, 15) is 9.90 Å². The highest BCUT2D eigenvalue weighted by atomic mass is 16.5. The molecule has 0 aromatic carbocycles. The zero-order valence-corrected chi connectivity index (χ0v) is 20.7. The first-order valence-electron chi connectivity index (χ1n) is 13.6. The molecular formula is C28H48O3. The summed E-state index contributed by atoms with van der Waals surface area (Å²) in [6, 6.07) is 0. The molecule has 4 aliphatic rings. The highest BCUT2D eigenvalue weighted by molar-refractivity contribution is 5.69. The van der Waals surface area contributed by atoms with Crippen molar-refractivity contribution in [2.75, 3.05) is 6.61 Å². The van der Waals surface area contributed by atoms with Gasteiger partial charge in [-0.15, -0.1) is 0 Å². The number of ether oxygens (including phenoxy) is 1. The van der Waals surface area contributed by atoms with Crippen LogP contribution in [-0.2, 0) is 9.53 Å². The Kier molecular flexibility index (Phi) is 7.12. The zero-order valence-electron chi connectivity index (χ0n) is 20.7. The van der Waals surface area contributed by atoms with Crippen LogP contribution in [0.2, 0.25) is 0 Å². The van der Waals surface area contributed by atoms with Gasteiger partial charge in [0.25, 0.3) is 0 Å². The van der Waals surface area contributed by atoms with Gasteiger partial charge in [0.1, 0.15) is 0 Å². The molecule has 0 saturated heterocycles. The molecule has 4 aliphatic carbocycles. The number of carbonyl (C=O) groups is 1. The summed E-state index contributed by atoms with van der Waals surface area (Å²) in [5.41, 5.74) is 0.930. The molecule has 3 nitrogen and oxygen atoms in total. The molecule has 1 unspecified atom stereocenters. The van der Waals surface area contributed by atoms with Crippen LogP contribution in [0.4, 0.5) is 0 Å². The first-order valence-corrected chi connectivity index (χ1v) is 13.6. The molecule has 4 saturated carbocycles. The molecule has 4 fully saturated rings. The van der Waals surface area contributed by atoms with E-state index in [1.165, 1.54) is 44.9 Å². The second-order valence-electron chi connectivity index (χ2n) is 12.4. The molecule has 31 heavy (non-hydrogen) atoms. The van der Waals surface area contributed by atoms with Gasteiger partial charge in [0, 0.05) is 6.42 Å². The Morgan fingerprint density at radius 2 is 1.77 bits per heavy atom. The van der Waals surface area contributed by atoms with Gasteiger partial charge in [-0.25, -0.2) is 0 Å². The van der Waals surface area contributed by atoms with Gasteiger partial charge >= 0.3 is 5.97 Å². The molecular weight excluding hydrogens is 384 g/mol. The molecule has 0 amide bonds. The predicted octanol–water partition coefficient (Wildman–Crippen LogP) is 6.77. The van der Waals surface area contributed by atoms with E-state index in [0.717, 1.165) is 61.7 Å². The maximum Gasteiger partial charge on any atom is 0.305 e. The van der Waals surface area contributed by atoms with Crippen molar-refractivity contribution in [3.05, 3.63) is 0 Å². The second kappa shape index (κ2) is 9.35. The van der Waals surface area contributed by atoms with E-state index < -0.39 is 0 Å². The van der Waals surface area contributed by atoms with E-state index in [0.29, 0.717) is 29.8 Å². The Balaban J connectivity index is 1.38. The molecule has 0 heterocycles. The van der Waals surface area contributed by atoms with Gasteiger partial charge < -0.3 is 9.84 Å². The summed E-state index contributed by atoms with van der Waals surface area (Å²) < 4.78 is 5.41. The lowest BCUT2D eigenvalue weighted by Crippen LogP contribution is -2.54. The summed E-state index contributed by atoms with van der Waals surface area (Å²) >= 11 is 0. The van der Waals surface area contributed by atoms with E-state index in [2.05, 4.69) is 27.7 Å². The van der Waals surface area contributed by atoms with Crippen molar-refractivity contribution in [3.8, 4) is 0 Å². The number of hydrogen-bond acceptors (Lipinski definition) is 3. The minimum Gasteiger partial charge on any atom is -0.466 e. The van der Waals surface area contributed by atoms with Gasteiger partial charge in [-0.05, 0) is 117 Å². The van der Waals surface area contributed by atoms with E-state index in [1.807, 2.05) is 0 Å². The average Bonchev–Trinajstić information content (AvgIpc) is 3.10. The lowest BCUT2D eigenvalue weighted by Gasteiger charge is -2.61. The third-order valence-electron chi connectivity index (χ3n) is 11.0. The van der Waals surface area contributed by atoms with Gasteiger partial charge in [0.15, 0.2) is 0 Å². The number of esters is 1. The molecule has 0 bridgehead atoms. The molecule has 0 radical (unpaired) electrons. The smallest absolute Gasteiger partial charge is 0.305 e. The Hall–Kier alpha value is -0.570. The number of aliphatic hydroxyl groups is 1. The fourth-order valence-electron chi connectivity index (χ4n) is 9.16. The largest absolute Gasteiger partial charge is 0.466 e. The zero-order chi connectivity index (χ0) is 22.2. The Labute approximate surface area is 191 Å². The van der Waals surface area contributed by atoms with Crippen molar-refractivity contribution in [1.29, 1.82) is 0 Å². The predicted molar refractivity (Wildman–Crippen MR) is 125 cm³/mol. The Morgan fingerprint density at radius 1 is 1.03 bits per heavy atom. The SMILES string of the molecule is CCCCOC(=O)CC[C@@H](C)[C@H]1CC[C@H]2[C@@H]3CCC4C[C@H](O)CC[C@]4(C)[C@H]3CC[C@]12C. The molecule has 178 valence electrons. The number of carbonyl (C=O) groups excluding carboxylic acids is 1. The van der Waals surface area contributed by atoms with Crippen molar-refractivity contribution in [2.24, 2.45) is 46.3 Å². The van der Waals surface area contributed by atoms with E-state index in [-0.39, 0.29) is 12.1 Å². The second-order valence-corrected chi connectivity index (χ2v) is 12.4. The van der Waals surface area contributed by atoms with Crippen LogP contribution in [0.15, 0.2) is 0 Å². The monoisotopic (exact) mass is 432 g/mol. The summed E-state index contributed by atoms with van der Waals surface area (Å²) in [7, 11) is 0. The highest BCUT2D eigenvalue weighted by Gasteiger charge is 2.60. The molecule has 9 atom stereocenters. The van der Waals surface area contributed by atoms with E-state index >= 15 is 0 Å². The van der Waals surface area contributed by atoms with Crippen LogP contribution in [0.1, 0.15) is 111 Å². The topological polar surface area (TPSA) is 46.5 Å². The van der Waals surface area contributed by atoms with Gasteiger partial charge in [-0.2, -0.15) is 0 Å². The number of aliphatic hydroxyl groups excluding tert-OH is 1. The highest BCUT2D eigenvalue weighted by Crippen LogP contribution is 2.68. The molecule has 0 aromatic rings. The molecule has 0 aromatic heterocycles. The minimum absolute atomic E-state index is 0.00874. The minimum atomic E-state index is -0.0474. The maximum atomic E-state index is 12.1. The Bertz CT molecular complexity index is 632. The summed E-state index contributed by atoms with van der Waals surface area (Å²) in [5.74, 6) is 4.78.